The van der Waals surface area contributed by atoms with E-state index in [0.717, 1.165) is 5.56 Å². The molecule has 0 saturated carbocycles. The summed E-state index contributed by atoms with van der Waals surface area (Å²) in [4.78, 5) is 38.3. The summed E-state index contributed by atoms with van der Waals surface area (Å²) in [5.74, 6) is -0.0230. The number of nitrogens with one attached hydrogen (secondary N) is 1. The zero-order valence-electron chi connectivity index (χ0n) is 16.0. The fraction of sp³-hybridized carbons (Fsp3) is 0.350. The van der Waals surface area contributed by atoms with Gasteiger partial charge in [0.1, 0.15) is 11.2 Å². The number of halogens is 1. The molecular formula is C20H22ClN3O3S. The van der Waals surface area contributed by atoms with E-state index < -0.39 is 5.69 Å². The third kappa shape index (κ3) is 4.05. The van der Waals surface area contributed by atoms with Crippen LogP contribution in [0.2, 0.25) is 5.02 Å². The van der Waals surface area contributed by atoms with Crippen LogP contribution in [0.4, 0.5) is 5.69 Å². The highest BCUT2D eigenvalue weighted by atomic mass is 35.5. The number of amides is 1. The number of aryl methyl sites for hydroxylation is 1. The number of carbonyl (C=O) groups excluding carboxylic acids is 1. The minimum atomic E-state index is -0.470. The molecule has 0 atom stereocenters. The van der Waals surface area contributed by atoms with Gasteiger partial charge in [-0.3, -0.25) is 18.7 Å². The highest BCUT2D eigenvalue weighted by molar-refractivity contribution is 7.17. The second-order valence-corrected chi connectivity index (χ2v) is 8.45. The summed E-state index contributed by atoms with van der Waals surface area (Å²) in [5, 5.41) is 4.97. The van der Waals surface area contributed by atoms with Crippen LogP contribution < -0.4 is 16.6 Å². The lowest BCUT2D eigenvalue weighted by Crippen LogP contribution is -2.41. The van der Waals surface area contributed by atoms with Gasteiger partial charge >= 0.3 is 5.69 Å². The van der Waals surface area contributed by atoms with E-state index in [2.05, 4.69) is 5.32 Å². The number of anilines is 1. The molecule has 8 heteroatoms. The number of carbonyl (C=O) groups is 1. The number of thiophene rings is 1. The first-order valence-electron chi connectivity index (χ1n) is 9.05. The van der Waals surface area contributed by atoms with E-state index in [0.29, 0.717) is 39.8 Å². The van der Waals surface area contributed by atoms with Gasteiger partial charge < -0.3 is 5.32 Å². The lowest BCUT2D eigenvalue weighted by Gasteiger charge is -2.14. The number of hydrogen-bond acceptors (Lipinski definition) is 4. The molecule has 0 aliphatic carbocycles. The van der Waals surface area contributed by atoms with Gasteiger partial charge in [-0.05, 0) is 42.3 Å². The highest BCUT2D eigenvalue weighted by Crippen LogP contribution is 2.25. The van der Waals surface area contributed by atoms with Crippen molar-refractivity contribution in [3.63, 3.8) is 0 Å². The number of para-hydroxylation sites is 1. The van der Waals surface area contributed by atoms with Crippen LogP contribution in [0.15, 0.2) is 39.2 Å². The third-order valence-electron chi connectivity index (χ3n) is 4.55. The minimum absolute atomic E-state index is 0.196. The molecule has 0 radical (unpaired) electrons. The van der Waals surface area contributed by atoms with E-state index in [9.17, 15) is 14.4 Å². The van der Waals surface area contributed by atoms with Crippen LogP contribution in [0.25, 0.3) is 10.2 Å². The minimum Gasteiger partial charge on any atom is -0.323 e. The molecule has 1 amide bonds. The van der Waals surface area contributed by atoms with Gasteiger partial charge in [0.2, 0.25) is 5.91 Å². The molecule has 2 aromatic heterocycles. The Morgan fingerprint density at radius 1 is 1.21 bits per heavy atom. The molecule has 0 unspecified atom stereocenters. The largest absolute Gasteiger partial charge is 0.332 e. The first-order valence-corrected chi connectivity index (χ1v) is 10.3. The molecular weight excluding hydrogens is 398 g/mol. The van der Waals surface area contributed by atoms with E-state index in [1.807, 2.05) is 26.8 Å². The van der Waals surface area contributed by atoms with Crippen LogP contribution in [0, 0.1) is 12.8 Å². The zero-order chi connectivity index (χ0) is 20.4. The summed E-state index contributed by atoms with van der Waals surface area (Å²) in [6.07, 6.45) is 0.705. The van der Waals surface area contributed by atoms with E-state index in [4.69, 9.17) is 11.6 Å². The molecule has 28 heavy (non-hydrogen) atoms. The second-order valence-electron chi connectivity index (χ2n) is 7.12. The molecule has 1 N–H and O–H groups in total. The SMILES string of the molecule is Cc1cccc(Cl)c1NC(=O)Cn1c(=O)n(CCC(C)C)c(=O)c2sccc21. The molecule has 0 aliphatic rings. The molecule has 0 bridgehead atoms. The van der Waals surface area contributed by atoms with Gasteiger partial charge in [-0.15, -0.1) is 11.3 Å². The predicted molar refractivity (Wildman–Crippen MR) is 115 cm³/mol. The van der Waals surface area contributed by atoms with Crippen LogP contribution in [0.5, 0.6) is 0 Å². The third-order valence-corrected chi connectivity index (χ3v) is 5.76. The molecule has 3 rings (SSSR count). The Kier molecular flexibility index (Phi) is 6.05. The predicted octanol–water partition coefficient (Wildman–Crippen LogP) is 3.87. The smallest absolute Gasteiger partial charge is 0.323 e. The average Bonchev–Trinajstić information content (AvgIpc) is 3.11. The molecule has 0 fully saturated rings. The zero-order valence-corrected chi connectivity index (χ0v) is 17.6. The first kappa shape index (κ1) is 20.4. The van der Waals surface area contributed by atoms with Gasteiger partial charge in [0, 0.05) is 6.54 Å². The standard InChI is InChI=1S/C20H22ClN3O3S/c1-12(2)7-9-23-19(26)18-15(8-10-28-18)24(20(23)27)11-16(25)22-17-13(3)5-4-6-14(17)21/h4-6,8,10,12H,7,9,11H2,1-3H3,(H,22,25). The fourth-order valence-electron chi connectivity index (χ4n) is 2.98. The van der Waals surface area contributed by atoms with Crippen LogP contribution in [-0.4, -0.2) is 15.0 Å². The van der Waals surface area contributed by atoms with Crippen molar-refractivity contribution in [2.75, 3.05) is 5.32 Å². The van der Waals surface area contributed by atoms with E-state index in [1.54, 1.807) is 23.6 Å². The van der Waals surface area contributed by atoms with Crippen molar-refractivity contribution in [3.8, 4) is 0 Å². The average molecular weight is 420 g/mol. The maximum Gasteiger partial charge on any atom is 0.332 e. The quantitative estimate of drug-likeness (QED) is 0.659. The Labute approximate surface area is 171 Å². The van der Waals surface area contributed by atoms with Gasteiger partial charge in [0.25, 0.3) is 5.56 Å². The molecule has 148 valence electrons. The van der Waals surface area contributed by atoms with Gasteiger partial charge in [0.05, 0.1) is 16.2 Å². The van der Waals surface area contributed by atoms with Gasteiger partial charge in [0.15, 0.2) is 0 Å². The second kappa shape index (κ2) is 8.32. The van der Waals surface area contributed by atoms with Crippen molar-refractivity contribution in [1.29, 1.82) is 0 Å². The molecule has 2 heterocycles. The van der Waals surface area contributed by atoms with Gasteiger partial charge in [-0.25, -0.2) is 4.79 Å². The van der Waals surface area contributed by atoms with Gasteiger partial charge in [-0.2, -0.15) is 0 Å². The number of hydrogen-bond donors (Lipinski definition) is 1. The Hall–Kier alpha value is -2.38. The molecule has 3 aromatic rings. The summed E-state index contributed by atoms with van der Waals surface area (Å²) in [6.45, 7) is 6.04. The van der Waals surface area contributed by atoms with E-state index in [-0.39, 0.29) is 18.0 Å². The van der Waals surface area contributed by atoms with Crippen LogP contribution in [-0.2, 0) is 17.9 Å². The fourth-order valence-corrected chi connectivity index (χ4v) is 4.10. The van der Waals surface area contributed by atoms with E-state index in [1.165, 1.54) is 20.5 Å². The number of aromatic nitrogens is 2. The Bertz CT molecular complexity index is 1120. The maximum absolute atomic E-state index is 13.0. The number of nitrogens with zero attached hydrogens (tertiary/aromatic N) is 2. The molecule has 0 saturated heterocycles. The Morgan fingerprint density at radius 2 is 1.96 bits per heavy atom. The molecule has 0 aliphatic heterocycles. The van der Waals surface area contributed by atoms with Crippen molar-refractivity contribution < 1.29 is 4.79 Å². The maximum atomic E-state index is 13.0. The monoisotopic (exact) mass is 419 g/mol. The molecule has 6 nitrogen and oxygen atoms in total. The van der Waals surface area contributed by atoms with Crippen molar-refractivity contribution in [2.24, 2.45) is 5.92 Å². The Morgan fingerprint density at radius 3 is 2.64 bits per heavy atom. The molecule has 1 aromatic carbocycles. The van der Waals surface area contributed by atoms with Crippen LogP contribution in [0.1, 0.15) is 25.8 Å². The number of fused-ring (bicyclic) bond motifs is 1. The first-order chi connectivity index (χ1) is 13.3. The highest BCUT2D eigenvalue weighted by Gasteiger charge is 2.17. The summed E-state index contributed by atoms with van der Waals surface area (Å²) < 4.78 is 3.06. The summed E-state index contributed by atoms with van der Waals surface area (Å²) >= 11 is 7.45. The van der Waals surface area contributed by atoms with Crippen molar-refractivity contribution in [1.82, 2.24) is 9.13 Å². The Balaban J connectivity index is 1.98. The van der Waals surface area contributed by atoms with Crippen LogP contribution in [0.3, 0.4) is 0 Å². The summed E-state index contributed by atoms with van der Waals surface area (Å²) in [5.41, 5.74) is 1.07. The normalized spacial score (nSPS) is 11.3. The number of rotatable bonds is 6. The summed E-state index contributed by atoms with van der Waals surface area (Å²) in [7, 11) is 0. The van der Waals surface area contributed by atoms with Crippen molar-refractivity contribution in [2.45, 2.75) is 40.3 Å². The number of benzene rings is 1. The lowest BCUT2D eigenvalue weighted by molar-refractivity contribution is -0.116. The van der Waals surface area contributed by atoms with Crippen molar-refractivity contribution >= 4 is 44.7 Å². The molecule has 0 spiro atoms. The van der Waals surface area contributed by atoms with Gasteiger partial charge in [-0.1, -0.05) is 37.6 Å². The van der Waals surface area contributed by atoms with E-state index >= 15 is 0 Å². The van der Waals surface area contributed by atoms with Crippen LogP contribution >= 0.6 is 22.9 Å². The summed E-state index contributed by atoms with van der Waals surface area (Å²) in [6, 6.07) is 7.04. The topological polar surface area (TPSA) is 73.1 Å². The lowest BCUT2D eigenvalue weighted by atomic mass is 10.1. The van der Waals surface area contributed by atoms with Crippen molar-refractivity contribution in [3.05, 3.63) is 61.1 Å².